The van der Waals surface area contributed by atoms with E-state index in [1.54, 1.807) is 0 Å². The van der Waals surface area contributed by atoms with E-state index >= 15 is 0 Å². The van der Waals surface area contributed by atoms with Gasteiger partial charge in [0, 0.05) is 6.04 Å². The molecule has 2 N–H and O–H groups in total. The quantitative estimate of drug-likeness (QED) is 0.907. The Morgan fingerprint density at radius 2 is 2.06 bits per heavy atom. The van der Waals surface area contributed by atoms with Gasteiger partial charge in [-0.05, 0) is 13.8 Å². The highest BCUT2D eigenvalue weighted by Crippen LogP contribution is 2.23. The third-order valence-corrected chi connectivity index (χ3v) is 1.63. The van der Waals surface area contributed by atoms with Crippen LogP contribution in [0.1, 0.15) is 19.9 Å². The van der Waals surface area contributed by atoms with Gasteiger partial charge in [0.1, 0.15) is 5.69 Å². The van der Waals surface area contributed by atoms with Crippen molar-refractivity contribution in [1.29, 1.82) is 0 Å². The topological polar surface area (TPSA) is 53.1 Å². The van der Waals surface area contributed by atoms with Crippen molar-refractivity contribution in [3.63, 3.8) is 0 Å². The lowest BCUT2D eigenvalue weighted by Gasteiger charge is -2.07. The molecule has 16 heavy (non-hydrogen) atoms. The molecule has 4 nitrogen and oxygen atoms in total. The lowest BCUT2D eigenvalue weighted by atomic mass is 10.4. The van der Waals surface area contributed by atoms with Gasteiger partial charge in [-0.2, -0.15) is 13.2 Å². The van der Waals surface area contributed by atoms with Crippen LogP contribution < -0.4 is 10.5 Å². The van der Waals surface area contributed by atoms with Gasteiger partial charge in [0.15, 0.2) is 6.61 Å². The molecule has 0 aromatic carbocycles. The predicted molar refractivity (Wildman–Crippen MR) is 55.8 cm³/mol. The standard InChI is InChI=1S/C8H12F3N3O.ClH/c1-5(2)14-3-6(12)7(13-14)15-4-8(9,10)11;/h3,5H,4,12H2,1-2H3;1H. The minimum atomic E-state index is -4.38. The van der Waals surface area contributed by atoms with E-state index in [0.717, 1.165) is 0 Å². The first-order chi connectivity index (χ1) is 6.79. The summed E-state index contributed by atoms with van der Waals surface area (Å²) in [5.74, 6) is -0.180. The van der Waals surface area contributed by atoms with Crippen molar-refractivity contribution >= 4 is 18.1 Å². The average molecular weight is 260 g/mol. The molecule has 0 radical (unpaired) electrons. The van der Waals surface area contributed by atoms with Gasteiger partial charge in [-0.25, -0.2) is 0 Å². The van der Waals surface area contributed by atoms with Crippen molar-refractivity contribution in [3.8, 4) is 5.88 Å². The Morgan fingerprint density at radius 1 is 1.50 bits per heavy atom. The summed E-state index contributed by atoms with van der Waals surface area (Å²) in [5, 5.41) is 3.78. The van der Waals surface area contributed by atoms with Gasteiger partial charge >= 0.3 is 6.18 Å². The van der Waals surface area contributed by atoms with Crippen molar-refractivity contribution in [1.82, 2.24) is 9.78 Å². The Hall–Kier alpha value is -1.11. The molecule has 0 aliphatic heterocycles. The second-order valence-corrected chi connectivity index (χ2v) is 3.37. The van der Waals surface area contributed by atoms with Crippen LogP contribution in [0.5, 0.6) is 5.88 Å². The Labute approximate surface area is 97.0 Å². The fourth-order valence-electron chi connectivity index (χ4n) is 0.916. The second-order valence-electron chi connectivity index (χ2n) is 3.37. The maximum atomic E-state index is 11.8. The number of nitrogen functional groups attached to an aromatic ring is 1. The molecule has 0 spiro atoms. The van der Waals surface area contributed by atoms with Gasteiger partial charge in [0.25, 0.3) is 5.88 Å². The van der Waals surface area contributed by atoms with Gasteiger partial charge in [-0.15, -0.1) is 17.5 Å². The summed E-state index contributed by atoms with van der Waals surface area (Å²) >= 11 is 0. The highest BCUT2D eigenvalue weighted by molar-refractivity contribution is 5.85. The smallest absolute Gasteiger partial charge is 0.422 e. The van der Waals surface area contributed by atoms with E-state index in [4.69, 9.17) is 5.73 Å². The summed E-state index contributed by atoms with van der Waals surface area (Å²) in [6.45, 7) is 2.28. The van der Waals surface area contributed by atoms with E-state index in [1.807, 2.05) is 13.8 Å². The maximum Gasteiger partial charge on any atom is 0.422 e. The van der Waals surface area contributed by atoms with Crippen LogP contribution in [0.4, 0.5) is 18.9 Å². The fraction of sp³-hybridized carbons (Fsp3) is 0.625. The molecule has 1 aromatic heterocycles. The third kappa shape index (κ3) is 4.18. The van der Waals surface area contributed by atoms with Crippen molar-refractivity contribution in [2.45, 2.75) is 26.1 Å². The van der Waals surface area contributed by atoms with Crippen LogP contribution >= 0.6 is 12.4 Å². The third-order valence-electron chi connectivity index (χ3n) is 1.63. The minimum absolute atomic E-state index is 0. The van der Waals surface area contributed by atoms with Gasteiger partial charge in [0.2, 0.25) is 0 Å². The first-order valence-electron chi connectivity index (χ1n) is 4.34. The molecule has 0 unspecified atom stereocenters. The minimum Gasteiger partial charge on any atom is -0.466 e. The van der Waals surface area contributed by atoms with Crippen molar-refractivity contribution < 1.29 is 17.9 Å². The summed E-state index contributed by atoms with van der Waals surface area (Å²) in [6, 6.07) is 0.0236. The Kier molecular flexibility index (Phi) is 4.92. The molecule has 1 heterocycles. The van der Waals surface area contributed by atoms with Gasteiger partial charge in [-0.1, -0.05) is 0 Å². The van der Waals surface area contributed by atoms with Crippen LogP contribution in [-0.4, -0.2) is 22.6 Å². The Balaban J connectivity index is 0.00000225. The number of halogens is 4. The predicted octanol–water partition coefficient (Wildman–Crippen LogP) is 2.41. The van der Waals surface area contributed by atoms with E-state index in [2.05, 4.69) is 9.84 Å². The van der Waals surface area contributed by atoms with Crippen molar-refractivity contribution in [2.24, 2.45) is 0 Å². The fourth-order valence-corrected chi connectivity index (χ4v) is 0.916. The molecule has 0 saturated carbocycles. The molecule has 0 atom stereocenters. The van der Waals surface area contributed by atoms with Crippen LogP contribution in [-0.2, 0) is 0 Å². The molecular formula is C8H13ClF3N3O. The molecule has 0 amide bonds. The molecule has 8 heteroatoms. The average Bonchev–Trinajstić information content (AvgIpc) is 2.42. The molecule has 0 bridgehead atoms. The number of hydrogen-bond acceptors (Lipinski definition) is 3. The monoisotopic (exact) mass is 259 g/mol. The zero-order chi connectivity index (χ0) is 11.6. The van der Waals surface area contributed by atoms with Gasteiger partial charge in [0.05, 0.1) is 6.20 Å². The summed E-state index contributed by atoms with van der Waals surface area (Å²) in [6.07, 6.45) is -2.94. The molecule has 1 rings (SSSR count). The number of anilines is 1. The molecule has 94 valence electrons. The second kappa shape index (κ2) is 5.29. The Morgan fingerprint density at radius 3 is 2.44 bits per heavy atom. The first kappa shape index (κ1) is 14.9. The summed E-state index contributed by atoms with van der Waals surface area (Å²) in [7, 11) is 0. The van der Waals surface area contributed by atoms with Crippen LogP contribution in [0.15, 0.2) is 6.20 Å². The summed E-state index contributed by atoms with van der Waals surface area (Å²) < 4.78 is 41.4. The largest absolute Gasteiger partial charge is 0.466 e. The van der Waals surface area contributed by atoms with E-state index in [1.165, 1.54) is 10.9 Å². The number of nitrogens with two attached hydrogens (primary N) is 1. The van der Waals surface area contributed by atoms with E-state index in [-0.39, 0.29) is 30.0 Å². The maximum absolute atomic E-state index is 11.8. The van der Waals surface area contributed by atoms with Crippen LogP contribution in [0.3, 0.4) is 0 Å². The van der Waals surface area contributed by atoms with Crippen molar-refractivity contribution in [2.75, 3.05) is 12.3 Å². The zero-order valence-electron chi connectivity index (χ0n) is 8.78. The lowest BCUT2D eigenvalue weighted by Crippen LogP contribution is -2.19. The Bertz CT molecular complexity index is 338. The van der Waals surface area contributed by atoms with Gasteiger partial charge < -0.3 is 10.5 Å². The van der Waals surface area contributed by atoms with E-state index < -0.39 is 12.8 Å². The van der Waals surface area contributed by atoms with Crippen molar-refractivity contribution in [3.05, 3.63) is 6.20 Å². The number of rotatable bonds is 3. The zero-order valence-corrected chi connectivity index (χ0v) is 9.60. The number of aromatic nitrogens is 2. The van der Waals surface area contributed by atoms with Crippen LogP contribution in [0.25, 0.3) is 0 Å². The normalized spacial score (nSPS) is 11.4. The number of nitrogens with zero attached hydrogens (tertiary/aromatic N) is 2. The molecule has 0 saturated heterocycles. The summed E-state index contributed by atoms with van der Waals surface area (Å²) in [4.78, 5) is 0. The number of hydrogen-bond donors (Lipinski definition) is 1. The molecular weight excluding hydrogens is 247 g/mol. The van der Waals surface area contributed by atoms with Gasteiger partial charge in [-0.3, -0.25) is 4.68 Å². The SMILES string of the molecule is CC(C)n1cc(N)c(OCC(F)(F)F)n1.Cl. The van der Waals surface area contributed by atoms with E-state index in [0.29, 0.717) is 0 Å². The lowest BCUT2D eigenvalue weighted by molar-refractivity contribution is -0.154. The number of ether oxygens (including phenoxy) is 1. The summed E-state index contributed by atoms with van der Waals surface area (Å²) in [5.41, 5.74) is 5.54. The first-order valence-corrected chi connectivity index (χ1v) is 4.34. The number of alkyl halides is 3. The molecule has 0 fully saturated rings. The van der Waals surface area contributed by atoms with Crippen LogP contribution in [0.2, 0.25) is 0 Å². The van der Waals surface area contributed by atoms with E-state index in [9.17, 15) is 13.2 Å². The molecule has 0 aliphatic rings. The van der Waals surface area contributed by atoms with Crippen LogP contribution in [0, 0.1) is 0 Å². The highest BCUT2D eigenvalue weighted by Gasteiger charge is 2.29. The molecule has 1 aromatic rings. The highest BCUT2D eigenvalue weighted by atomic mass is 35.5. The molecule has 0 aliphatic carbocycles.